The van der Waals surface area contributed by atoms with E-state index in [9.17, 15) is 4.79 Å². The van der Waals surface area contributed by atoms with Gasteiger partial charge in [-0.1, -0.05) is 23.2 Å². The van der Waals surface area contributed by atoms with Gasteiger partial charge in [0.15, 0.2) is 0 Å². The van der Waals surface area contributed by atoms with Crippen LogP contribution < -0.4 is 11.1 Å². The number of rotatable bonds is 5. The normalized spacial score (nSPS) is 11.4. The Balaban J connectivity index is 3.01. The van der Waals surface area contributed by atoms with Crippen LogP contribution in [-0.4, -0.2) is 46.6 Å². The number of hydrogen-bond donors (Lipinski definition) is 5. The standard InChI is InChI=1S/C11H14Cl2N2O4/c12-7-1-6(2-8(13)9(7)14)10(19)15-11(3-16,4-17)5-18/h1-2,16-18H,3-5,14H2,(H,15,19). The Morgan fingerprint density at radius 1 is 1.16 bits per heavy atom. The second-order valence-corrected chi connectivity index (χ2v) is 4.88. The lowest BCUT2D eigenvalue weighted by molar-refractivity contribution is 0.0375. The van der Waals surface area contributed by atoms with Gasteiger partial charge in [-0.15, -0.1) is 0 Å². The predicted molar refractivity (Wildman–Crippen MR) is 72.3 cm³/mol. The quantitative estimate of drug-likeness (QED) is 0.492. The fourth-order valence-electron chi connectivity index (χ4n) is 1.30. The summed E-state index contributed by atoms with van der Waals surface area (Å²) in [6.45, 7) is -1.87. The van der Waals surface area contributed by atoms with Crippen LogP contribution in [0, 0.1) is 0 Å². The number of aliphatic hydroxyl groups is 3. The number of halogens is 2. The van der Waals surface area contributed by atoms with Crippen molar-refractivity contribution in [2.24, 2.45) is 0 Å². The van der Waals surface area contributed by atoms with Crippen LogP contribution in [0.15, 0.2) is 12.1 Å². The minimum Gasteiger partial charge on any atom is -0.396 e. The molecule has 0 heterocycles. The van der Waals surface area contributed by atoms with Crippen LogP contribution in [0.2, 0.25) is 10.0 Å². The zero-order valence-electron chi connectivity index (χ0n) is 9.86. The number of benzene rings is 1. The van der Waals surface area contributed by atoms with E-state index in [1.54, 1.807) is 0 Å². The molecule has 19 heavy (non-hydrogen) atoms. The number of anilines is 1. The van der Waals surface area contributed by atoms with Gasteiger partial charge in [0, 0.05) is 5.56 Å². The maximum atomic E-state index is 12.0. The van der Waals surface area contributed by atoms with Crippen molar-refractivity contribution in [2.75, 3.05) is 25.6 Å². The van der Waals surface area contributed by atoms with Crippen molar-refractivity contribution in [3.63, 3.8) is 0 Å². The van der Waals surface area contributed by atoms with Crippen molar-refractivity contribution >= 4 is 34.8 Å². The molecule has 0 saturated heterocycles. The third kappa shape index (κ3) is 3.49. The van der Waals surface area contributed by atoms with E-state index >= 15 is 0 Å². The van der Waals surface area contributed by atoms with E-state index in [1.165, 1.54) is 12.1 Å². The Bertz CT molecular complexity index is 446. The van der Waals surface area contributed by atoms with Crippen LogP contribution in [0.5, 0.6) is 0 Å². The Hall–Kier alpha value is -1.05. The Morgan fingerprint density at radius 2 is 1.58 bits per heavy atom. The fraction of sp³-hybridized carbons (Fsp3) is 0.364. The molecule has 0 aliphatic carbocycles. The number of nitrogens with one attached hydrogen (secondary N) is 1. The first kappa shape index (κ1) is 16.0. The van der Waals surface area contributed by atoms with Gasteiger partial charge in [-0.25, -0.2) is 0 Å². The second kappa shape index (κ2) is 6.40. The molecule has 0 radical (unpaired) electrons. The van der Waals surface area contributed by atoms with E-state index in [2.05, 4.69) is 5.32 Å². The summed E-state index contributed by atoms with van der Waals surface area (Å²) in [6, 6.07) is 2.60. The molecule has 0 aliphatic rings. The molecule has 1 aromatic rings. The maximum absolute atomic E-state index is 12.0. The molecule has 6 N–H and O–H groups in total. The molecule has 0 spiro atoms. The topological polar surface area (TPSA) is 116 Å². The molecular formula is C11H14Cl2N2O4. The van der Waals surface area contributed by atoms with Gasteiger partial charge in [-0.2, -0.15) is 0 Å². The predicted octanol–water partition coefficient (Wildman–Crippen LogP) is 0.0211. The lowest BCUT2D eigenvalue weighted by Crippen LogP contribution is -2.57. The average molecular weight is 309 g/mol. The lowest BCUT2D eigenvalue weighted by Gasteiger charge is -2.28. The van der Waals surface area contributed by atoms with E-state index in [4.69, 9.17) is 44.3 Å². The minimum absolute atomic E-state index is 0.101. The van der Waals surface area contributed by atoms with Crippen molar-refractivity contribution in [2.45, 2.75) is 5.54 Å². The van der Waals surface area contributed by atoms with Crippen molar-refractivity contribution in [1.82, 2.24) is 5.32 Å². The van der Waals surface area contributed by atoms with Crippen LogP contribution >= 0.6 is 23.2 Å². The van der Waals surface area contributed by atoms with Crippen LogP contribution in [0.4, 0.5) is 5.69 Å². The van der Waals surface area contributed by atoms with Crippen molar-refractivity contribution in [3.05, 3.63) is 27.7 Å². The molecule has 1 amide bonds. The first-order valence-corrected chi connectivity index (χ1v) is 6.04. The molecule has 0 unspecified atom stereocenters. The number of hydrogen-bond acceptors (Lipinski definition) is 5. The van der Waals surface area contributed by atoms with Crippen LogP contribution in [0.3, 0.4) is 0 Å². The van der Waals surface area contributed by atoms with Crippen LogP contribution in [-0.2, 0) is 0 Å². The average Bonchev–Trinajstić information content (AvgIpc) is 2.41. The summed E-state index contributed by atoms with van der Waals surface area (Å²) in [5.41, 5.74) is 4.28. The first-order valence-electron chi connectivity index (χ1n) is 5.28. The number of nitrogens with two attached hydrogens (primary N) is 1. The third-order valence-corrected chi connectivity index (χ3v) is 3.25. The summed E-state index contributed by atoms with van der Waals surface area (Å²) in [7, 11) is 0. The molecule has 0 aromatic heterocycles. The molecule has 0 fully saturated rings. The Morgan fingerprint density at radius 3 is 1.95 bits per heavy atom. The monoisotopic (exact) mass is 308 g/mol. The fourth-order valence-corrected chi connectivity index (χ4v) is 1.78. The number of amides is 1. The molecule has 6 nitrogen and oxygen atoms in total. The molecule has 1 rings (SSSR count). The third-order valence-electron chi connectivity index (χ3n) is 2.63. The largest absolute Gasteiger partial charge is 0.396 e. The van der Waals surface area contributed by atoms with Crippen molar-refractivity contribution < 1.29 is 20.1 Å². The summed E-state index contributed by atoms with van der Waals surface area (Å²) >= 11 is 11.6. The summed E-state index contributed by atoms with van der Waals surface area (Å²) in [5.74, 6) is -0.652. The zero-order chi connectivity index (χ0) is 14.6. The molecular weight excluding hydrogens is 295 g/mol. The highest BCUT2D eigenvalue weighted by atomic mass is 35.5. The Labute approximate surface area is 119 Å². The molecule has 0 aliphatic heterocycles. The van der Waals surface area contributed by atoms with Gasteiger partial charge >= 0.3 is 0 Å². The minimum atomic E-state index is -1.52. The zero-order valence-corrected chi connectivity index (χ0v) is 11.4. The van der Waals surface area contributed by atoms with Gasteiger partial charge in [0.25, 0.3) is 5.91 Å². The Kier molecular flexibility index (Phi) is 5.39. The SMILES string of the molecule is Nc1c(Cl)cc(C(=O)NC(CO)(CO)CO)cc1Cl. The van der Waals surface area contributed by atoms with Gasteiger partial charge in [0.2, 0.25) is 0 Å². The van der Waals surface area contributed by atoms with Crippen molar-refractivity contribution in [3.8, 4) is 0 Å². The van der Waals surface area contributed by atoms with Gasteiger partial charge in [-0.3, -0.25) is 4.79 Å². The van der Waals surface area contributed by atoms with Gasteiger partial charge in [-0.05, 0) is 12.1 Å². The van der Waals surface area contributed by atoms with Gasteiger partial charge in [0.1, 0.15) is 5.54 Å². The van der Waals surface area contributed by atoms with E-state index in [0.29, 0.717) is 0 Å². The smallest absolute Gasteiger partial charge is 0.252 e. The van der Waals surface area contributed by atoms with Gasteiger partial charge < -0.3 is 26.4 Å². The van der Waals surface area contributed by atoms with E-state index < -0.39 is 31.3 Å². The summed E-state index contributed by atoms with van der Waals surface area (Å²) in [4.78, 5) is 12.0. The highest BCUT2D eigenvalue weighted by Crippen LogP contribution is 2.28. The highest BCUT2D eigenvalue weighted by molar-refractivity contribution is 6.39. The second-order valence-electron chi connectivity index (χ2n) is 4.06. The first-order chi connectivity index (χ1) is 8.89. The van der Waals surface area contributed by atoms with Crippen LogP contribution in [0.1, 0.15) is 10.4 Å². The molecule has 0 atom stereocenters. The summed E-state index contributed by atoms with van der Waals surface area (Å²) < 4.78 is 0. The molecule has 106 valence electrons. The summed E-state index contributed by atoms with van der Waals surface area (Å²) in [5, 5.41) is 29.9. The number of aliphatic hydroxyl groups excluding tert-OH is 3. The highest BCUT2D eigenvalue weighted by Gasteiger charge is 2.30. The molecule has 1 aromatic carbocycles. The molecule has 0 saturated carbocycles. The lowest BCUT2D eigenvalue weighted by atomic mass is 10.0. The summed E-state index contributed by atoms with van der Waals surface area (Å²) in [6.07, 6.45) is 0. The van der Waals surface area contributed by atoms with Crippen molar-refractivity contribution in [1.29, 1.82) is 0 Å². The van der Waals surface area contributed by atoms with Crippen LogP contribution in [0.25, 0.3) is 0 Å². The maximum Gasteiger partial charge on any atom is 0.252 e. The molecule has 0 bridgehead atoms. The van der Waals surface area contributed by atoms with E-state index in [0.717, 1.165) is 0 Å². The molecule has 8 heteroatoms. The number of carbonyl (C=O) groups excluding carboxylic acids is 1. The van der Waals surface area contributed by atoms with E-state index in [1.807, 2.05) is 0 Å². The van der Waals surface area contributed by atoms with E-state index in [-0.39, 0.29) is 21.3 Å². The number of carbonyl (C=O) groups is 1. The van der Waals surface area contributed by atoms with Gasteiger partial charge in [0.05, 0.1) is 35.6 Å². The number of nitrogen functional groups attached to an aromatic ring is 1.